The molecular weight excluding hydrogens is 244 g/mol. The summed E-state index contributed by atoms with van der Waals surface area (Å²) in [6.07, 6.45) is 3.06. The molecule has 1 unspecified atom stereocenters. The Balaban J connectivity index is 2.19. The van der Waals surface area contributed by atoms with Crippen LogP contribution in [0.5, 0.6) is 0 Å². The van der Waals surface area contributed by atoms with E-state index >= 15 is 0 Å². The number of anilines is 1. The van der Waals surface area contributed by atoms with E-state index in [0.717, 1.165) is 17.5 Å². The van der Waals surface area contributed by atoms with Gasteiger partial charge < -0.3 is 15.2 Å². The molecule has 2 N–H and O–H groups in total. The zero-order chi connectivity index (χ0) is 13.8. The van der Waals surface area contributed by atoms with Gasteiger partial charge in [-0.15, -0.1) is 0 Å². The van der Waals surface area contributed by atoms with Crippen LogP contribution in [0.2, 0.25) is 0 Å². The second-order valence-electron chi connectivity index (χ2n) is 5.26. The van der Waals surface area contributed by atoms with Crippen LogP contribution < -0.4 is 5.32 Å². The molecule has 19 heavy (non-hydrogen) atoms. The van der Waals surface area contributed by atoms with Gasteiger partial charge in [-0.3, -0.25) is 0 Å². The lowest BCUT2D eigenvalue weighted by molar-refractivity contribution is -0.138. The van der Waals surface area contributed by atoms with Gasteiger partial charge in [0.2, 0.25) is 0 Å². The summed E-state index contributed by atoms with van der Waals surface area (Å²) in [7, 11) is 0. The third-order valence-electron chi connectivity index (χ3n) is 3.22. The van der Waals surface area contributed by atoms with Crippen molar-refractivity contribution in [2.24, 2.45) is 5.92 Å². The second-order valence-corrected chi connectivity index (χ2v) is 5.26. The number of aliphatic carboxylic acids is 1. The van der Waals surface area contributed by atoms with E-state index in [0.29, 0.717) is 31.4 Å². The summed E-state index contributed by atoms with van der Waals surface area (Å²) in [6, 6.07) is 1.33. The molecule has 5 heteroatoms. The van der Waals surface area contributed by atoms with Crippen LogP contribution in [0.4, 0.5) is 5.82 Å². The lowest BCUT2D eigenvalue weighted by Crippen LogP contribution is -2.32. The Kier molecular flexibility index (Phi) is 4.37. The number of carbonyl (C=O) groups is 1. The van der Waals surface area contributed by atoms with Crippen molar-refractivity contribution in [3.63, 3.8) is 0 Å². The van der Waals surface area contributed by atoms with Gasteiger partial charge in [0.1, 0.15) is 11.9 Å². The van der Waals surface area contributed by atoms with E-state index in [-0.39, 0.29) is 0 Å². The Labute approximate surface area is 113 Å². The molecule has 1 aromatic rings. The van der Waals surface area contributed by atoms with Crippen LogP contribution in [0, 0.1) is 5.92 Å². The minimum atomic E-state index is -0.833. The van der Waals surface area contributed by atoms with Crippen molar-refractivity contribution in [1.29, 1.82) is 0 Å². The summed E-state index contributed by atoms with van der Waals surface area (Å²) in [5.41, 5.74) is 2.18. The van der Waals surface area contributed by atoms with Gasteiger partial charge in [0.25, 0.3) is 0 Å². The number of pyridine rings is 1. The maximum absolute atomic E-state index is 11.3. The molecule has 0 bridgehead atoms. The fourth-order valence-electron chi connectivity index (χ4n) is 2.29. The fourth-order valence-corrected chi connectivity index (χ4v) is 2.29. The molecule has 0 amide bonds. The Morgan fingerprint density at radius 1 is 1.58 bits per heavy atom. The Bertz CT molecular complexity index is 460. The van der Waals surface area contributed by atoms with Gasteiger partial charge >= 0.3 is 5.97 Å². The lowest BCUT2D eigenvalue weighted by atomic mass is 10.0. The number of nitrogens with one attached hydrogen (secondary N) is 1. The first kappa shape index (κ1) is 13.8. The molecule has 1 aromatic heterocycles. The summed E-state index contributed by atoms with van der Waals surface area (Å²) in [6.45, 7) is 5.27. The molecule has 0 spiro atoms. The Morgan fingerprint density at radius 3 is 3.05 bits per heavy atom. The number of aromatic nitrogens is 1. The third kappa shape index (κ3) is 3.44. The molecule has 0 aliphatic carbocycles. The summed E-state index contributed by atoms with van der Waals surface area (Å²) in [4.78, 5) is 15.6. The van der Waals surface area contributed by atoms with Crippen LogP contribution in [-0.4, -0.2) is 28.7 Å². The molecule has 0 saturated heterocycles. The van der Waals surface area contributed by atoms with Crippen molar-refractivity contribution in [2.75, 3.05) is 11.9 Å². The van der Waals surface area contributed by atoms with Crippen molar-refractivity contribution >= 4 is 11.8 Å². The number of carboxylic acids is 1. The maximum Gasteiger partial charge on any atom is 0.326 e. The molecule has 2 rings (SSSR count). The van der Waals surface area contributed by atoms with Crippen molar-refractivity contribution in [1.82, 2.24) is 4.98 Å². The van der Waals surface area contributed by atoms with E-state index in [1.807, 2.05) is 19.9 Å². The number of rotatable bonds is 5. The van der Waals surface area contributed by atoms with E-state index in [4.69, 9.17) is 4.74 Å². The van der Waals surface area contributed by atoms with Crippen LogP contribution in [0.15, 0.2) is 12.3 Å². The van der Waals surface area contributed by atoms with Gasteiger partial charge in [-0.05, 0) is 30.4 Å². The fraction of sp³-hybridized carbons (Fsp3) is 0.571. The van der Waals surface area contributed by atoms with E-state index in [9.17, 15) is 9.90 Å². The van der Waals surface area contributed by atoms with Crippen molar-refractivity contribution in [3.05, 3.63) is 23.4 Å². The van der Waals surface area contributed by atoms with E-state index in [1.54, 1.807) is 6.20 Å². The zero-order valence-electron chi connectivity index (χ0n) is 11.3. The van der Waals surface area contributed by atoms with Crippen molar-refractivity contribution in [2.45, 2.75) is 39.3 Å². The number of carboxylic acid groups (broad SMARTS) is 1. The SMILES string of the molecule is CC(C)CC(Nc1nccc2c1CCOC2)C(=O)O. The topological polar surface area (TPSA) is 71.5 Å². The average molecular weight is 264 g/mol. The van der Waals surface area contributed by atoms with E-state index in [2.05, 4.69) is 10.3 Å². The van der Waals surface area contributed by atoms with Gasteiger partial charge in [-0.2, -0.15) is 0 Å². The van der Waals surface area contributed by atoms with E-state index < -0.39 is 12.0 Å². The van der Waals surface area contributed by atoms with E-state index in [1.165, 1.54) is 0 Å². The molecule has 5 nitrogen and oxygen atoms in total. The van der Waals surface area contributed by atoms with Gasteiger partial charge in [-0.25, -0.2) is 9.78 Å². The maximum atomic E-state index is 11.3. The highest BCUT2D eigenvalue weighted by Crippen LogP contribution is 2.24. The molecule has 0 fully saturated rings. The zero-order valence-corrected chi connectivity index (χ0v) is 11.3. The summed E-state index contributed by atoms with van der Waals surface area (Å²) in [5, 5.41) is 12.3. The van der Waals surface area contributed by atoms with Crippen LogP contribution in [-0.2, 0) is 22.6 Å². The molecule has 0 saturated carbocycles. The first-order chi connectivity index (χ1) is 9.08. The predicted octanol–water partition coefficient (Wildman–Crippen LogP) is 2.07. The Morgan fingerprint density at radius 2 is 2.37 bits per heavy atom. The van der Waals surface area contributed by atoms with Crippen molar-refractivity contribution in [3.8, 4) is 0 Å². The van der Waals surface area contributed by atoms with Crippen LogP contribution in [0.1, 0.15) is 31.4 Å². The molecule has 104 valence electrons. The van der Waals surface area contributed by atoms with Crippen molar-refractivity contribution < 1.29 is 14.6 Å². The quantitative estimate of drug-likeness (QED) is 0.851. The van der Waals surface area contributed by atoms with Gasteiger partial charge in [0, 0.05) is 11.8 Å². The first-order valence-electron chi connectivity index (χ1n) is 6.61. The molecule has 0 aromatic carbocycles. The highest BCUT2D eigenvalue weighted by molar-refractivity contribution is 5.77. The highest BCUT2D eigenvalue weighted by Gasteiger charge is 2.22. The molecular formula is C14H20N2O3. The number of fused-ring (bicyclic) bond motifs is 1. The number of nitrogens with zero attached hydrogens (tertiary/aromatic N) is 1. The monoisotopic (exact) mass is 264 g/mol. The number of hydrogen-bond acceptors (Lipinski definition) is 4. The van der Waals surface area contributed by atoms with Gasteiger partial charge in [-0.1, -0.05) is 13.8 Å². The summed E-state index contributed by atoms with van der Waals surface area (Å²) < 4.78 is 5.40. The summed E-state index contributed by atoms with van der Waals surface area (Å²) in [5.74, 6) is 0.172. The third-order valence-corrected chi connectivity index (χ3v) is 3.22. The predicted molar refractivity (Wildman–Crippen MR) is 72.1 cm³/mol. The molecule has 1 aliphatic rings. The smallest absolute Gasteiger partial charge is 0.326 e. The molecule has 1 aliphatic heterocycles. The highest BCUT2D eigenvalue weighted by atomic mass is 16.5. The van der Waals surface area contributed by atoms with Crippen LogP contribution >= 0.6 is 0 Å². The first-order valence-corrected chi connectivity index (χ1v) is 6.61. The van der Waals surface area contributed by atoms with Crippen LogP contribution in [0.25, 0.3) is 0 Å². The second kappa shape index (κ2) is 6.02. The molecule has 1 atom stereocenters. The van der Waals surface area contributed by atoms with Crippen LogP contribution in [0.3, 0.4) is 0 Å². The molecule has 2 heterocycles. The largest absolute Gasteiger partial charge is 0.480 e. The minimum absolute atomic E-state index is 0.316. The van der Waals surface area contributed by atoms with Gasteiger partial charge in [0.05, 0.1) is 13.2 Å². The normalized spacial score (nSPS) is 15.9. The minimum Gasteiger partial charge on any atom is -0.480 e. The Hall–Kier alpha value is -1.62. The average Bonchev–Trinajstić information content (AvgIpc) is 2.37. The summed E-state index contributed by atoms with van der Waals surface area (Å²) >= 11 is 0. The number of ether oxygens (including phenoxy) is 1. The lowest BCUT2D eigenvalue weighted by Gasteiger charge is -2.22. The number of hydrogen-bond donors (Lipinski definition) is 2. The molecule has 0 radical (unpaired) electrons. The standard InChI is InChI=1S/C14H20N2O3/c1-9(2)7-12(14(17)18)16-13-11-4-6-19-8-10(11)3-5-15-13/h3,5,9,12H,4,6-8H2,1-2H3,(H,15,16)(H,17,18). The van der Waals surface area contributed by atoms with Gasteiger partial charge in [0.15, 0.2) is 0 Å².